The van der Waals surface area contributed by atoms with Gasteiger partial charge in [0, 0.05) is 25.0 Å². The molecule has 0 radical (unpaired) electrons. The maximum absolute atomic E-state index is 12.0. The lowest BCUT2D eigenvalue weighted by atomic mass is 10.2. The molecule has 0 aromatic carbocycles. The van der Waals surface area contributed by atoms with E-state index in [1.165, 1.54) is 12.8 Å². The van der Waals surface area contributed by atoms with Gasteiger partial charge in [-0.2, -0.15) is 0 Å². The summed E-state index contributed by atoms with van der Waals surface area (Å²) in [5.74, 6) is 0.104. The average Bonchev–Trinajstić information content (AvgIpc) is 2.85. The van der Waals surface area contributed by atoms with Crippen molar-refractivity contribution in [3.05, 3.63) is 0 Å². The highest BCUT2D eigenvalue weighted by molar-refractivity contribution is 9.09. The lowest BCUT2D eigenvalue weighted by Gasteiger charge is -2.28. The van der Waals surface area contributed by atoms with Crippen molar-refractivity contribution in [2.45, 2.75) is 31.7 Å². The number of methoxy groups -OCH3 is 1. The number of nitrogens with zero attached hydrogens (tertiary/aromatic N) is 1. The van der Waals surface area contributed by atoms with E-state index in [4.69, 9.17) is 9.47 Å². The second kappa shape index (κ2) is 8.89. The third-order valence-electron chi connectivity index (χ3n) is 3.07. The number of halogens is 1. The summed E-state index contributed by atoms with van der Waals surface area (Å²) in [5, 5.41) is 0.827. The van der Waals surface area contributed by atoms with Crippen LogP contribution in [0.15, 0.2) is 0 Å². The van der Waals surface area contributed by atoms with E-state index in [2.05, 4.69) is 15.9 Å². The zero-order valence-corrected chi connectivity index (χ0v) is 12.1. The highest BCUT2D eigenvalue weighted by Gasteiger charge is 2.25. The summed E-state index contributed by atoms with van der Waals surface area (Å²) in [6.45, 7) is 1.97. The van der Waals surface area contributed by atoms with E-state index in [0.717, 1.165) is 24.7 Å². The number of ether oxygens (including phenoxy) is 2. The topological polar surface area (TPSA) is 38.8 Å². The van der Waals surface area contributed by atoms with Crippen LogP contribution in [0.4, 0.5) is 0 Å². The molecular weight excluding hydrogens is 286 g/mol. The van der Waals surface area contributed by atoms with Crippen molar-refractivity contribution in [3.8, 4) is 0 Å². The van der Waals surface area contributed by atoms with Crippen LogP contribution in [0, 0.1) is 0 Å². The molecule has 0 N–H and O–H groups in total. The second-order valence-electron chi connectivity index (χ2n) is 4.26. The smallest absolute Gasteiger partial charge is 0.248 e. The van der Waals surface area contributed by atoms with Gasteiger partial charge in [0.25, 0.3) is 0 Å². The van der Waals surface area contributed by atoms with Gasteiger partial charge in [-0.3, -0.25) is 4.79 Å². The first-order valence-electron chi connectivity index (χ1n) is 6.21. The number of rotatable bonds is 8. The van der Waals surface area contributed by atoms with Crippen LogP contribution in [-0.4, -0.2) is 55.7 Å². The zero-order valence-electron chi connectivity index (χ0n) is 10.5. The van der Waals surface area contributed by atoms with Crippen molar-refractivity contribution < 1.29 is 14.3 Å². The molecule has 17 heavy (non-hydrogen) atoms. The van der Waals surface area contributed by atoms with Crippen LogP contribution >= 0.6 is 15.9 Å². The normalized spacial score (nSPS) is 16.4. The molecular formula is C12H22BrNO3. The van der Waals surface area contributed by atoms with Crippen LogP contribution in [0.1, 0.15) is 25.7 Å². The van der Waals surface area contributed by atoms with Crippen LogP contribution in [0.25, 0.3) is 0 Å². The van der Waals surface area contributed by atoms with Gasteiger partial charge < -0.3 is 14.4 Å². The average molecular weight is 308 g/mol. The first-order chi connectivity index (χ1) is 8.29. The Morgan fingerprint density at radius 1 is 1.35 bits per heavy atom. The van der Waals surface area contributed by atoms with Gasteiger partial charge in [-0.15, -0.1) is 0 Å². The van der Waals surface area contributed by atoms with Crippen LogP contribution < -0.4 is 0 Å². The molecule has 1 aliphatic rings. The molecule has 1 fully saturated rings. The van der Waals surface area contributed by atoms with E-state index in [9.17, 15) is 4.79 Å². The van der Waals surface area contributed by atoms with Gasteiger partial charge in [0.2, 0.25) is 5.91 Å². The van der Waals surface area contributed by atoms with Crippen molar-refractivity contribution >= 4 is 21.8 Å². The Balaban J connectivity index is 2.32. The molecule has 0 bridgehead atoms. The maximum atomic E-state index is 12.0. The molecule has 0 atom stereocenters. The van der Waals surface area contributed by atoms with Crippen LogP contribution in [0.2, 0.25) is 0 Å². The van der Waals surface area contributed by atoms with E-state index in [1.807, 2.05) is 4.90 Å². The maximum Gasteiger partial charge on any atom is 0.248 e. The molecule has 0 heterocycles. The van der Waals surface area contributed by atoms with Crippen LogP contribution in [0.3, 0.4) is 0 Å². The van der Waals surface area contributed by atoms with Gasteiger partial charge in [-0.25, -0.2) is 0 Å². The van der Waals surface area contributed by atoms with Crippen molar-refractivity contribution in [1.29, 1.82) is 0 Å². The number of hydrogen-bond acceptors (Lipinski definition) is 3. The first-order valence-corrected chi connectivity index (χ1v) is 7.34. The van der Waals surface area contributed by atoms with Crippen molar-refractivity contribution in [2.75, 3.05) is 38.8 Å². The summed E-state index contributed by atoms with van der Waals surface area (Å²) in [4.78, 5) is 14.0. The fraction of sp³-hybridized carbons (Fsp3) is 0.917. The van der Waals surface area contributed by atoms with Gasteiger partial charge in [0.1, 0.15) is 6.61 Å². The molecule has 0 unspecified atom stereocenters. The molecule has 0 aliphatic heterocycles. The lowest BCUT2D eigenvalue weighted by molar-refractivity contribution is -0.138. The van der Waals surface area contributed by atoms with Gasteiger partial charge in [0.05, 0.1) is 13.2 Å². The van der Waals surface area contributed by atoms with Crippen molar-refractivity contribution in [3.63, 3.8) is 0 Å². The van der Waals surface area contributed by atoms with Gasteiger partial charge >= 0.3 is 0 Å². The minimum atomic E-state index is 0.104. The monoisotopic (exact) mass is 307 g/mol. The van der Waals surface area contributed by atoms with Crippen molar-refractivity contribution in [1.82, 2.24) is 4.90 Å². The van der Waals surface area contributed by atoms with E-state index in [0.29, 0.717) is 19.3 Å². The SMILES string of the molecule is COCCOCC(=O)N(CCBr)C1CCCC1. The molecule has 1 saturated carbocycles. The quantitative estimate of drug-likeness (QED) is 0.507. The van der Waals surface area contributed by atoms with E-state index in [-0.39, 0.29) is 12.5 Å². The second-order valence-corrected chi connectivity index (χ2v) is 5.05. The zero-order chi connectivity index (χ0) is 12.5. The number of hydrogen-bond donors (Lipinski definition) is 0. The molecule has 0 aromatic heterocycles. The predicted molar refractivity (Wildman–Crippen MR) is 70.5 cm³/mol. The van der Waals surface area contributed by atoms with E-state index >= 15 is 0 Å². The largest absolute Gasteiger partial charge is 0.382 e. The summed E-state index contributed by atoms with van der Waals surface area (Å²) in [6, 6.07) is 0.422. The fourth-order valence-corrected chi connectivity index (χ4v) is 2.58. The molecule has 0 aromatic rings. The molecule has 4 nitrogen and oxygen atoms in total. The highest BCUT2D eigenvalue weighted by Crippen LogP contribution is 2.23. The molecule has 5 heteroatoms. The minimum absolute atomic E-state index is 0.104. The Bertz CT molecular complexity index is 220. The van der Waals surface area contributed by atoms with E-state index < -0.39 is 0 Å². The Morgan fingerprint density at radius 2 is 2.06 bits per heavy atom. The highest BCUT2D eigenvalue weighted by atomic mass is 79.9. The number of amides is 1. The molecule has 0 saturated heterocycles. The van der Waals surface area contributed by atoms with Crippen LogP contribution in [0.5, 0.6) is 0 Å². The Labute approximate surface area is 112 Å². The fourth-order valence-electron chi connectivity index (χ4n) is 2.20. The molecule has 100 valence electrons. The molecule has 1 rings (SSSR count). The number of carbonyl (C=O) groups is 1. The summed E-state index contributed by atoms with van der Waals surface area (Å²) in [6.07, 6.45) is 4.75. The number of carbonyl (C=O) groups excluding carboxylic acids is 1. The predicted octanol–water partition coefficient (Wildman–Crippen LogP) is 1.82. The van der Waals surface area contributed by atoms with Gasteiger partial charge in [-0.1, -0.05) is 28.8 Å². The van der Waals surface area contributed by atoms with Gasteiger partial charge in [-0.05, 0) is 12.8 Å². The lowest BCUT2D eigenvalue weighted by Crippen LogP contribution is -2.42. The summed E-state index contributed by atoms with van der Waals surface area (Å²) < 4.78 is 10.2. The Kier molecular flexibility index (Phi) is 7.81. The number of alkyl halides is 1. The standard InChI is InChI=1S/C12H22BrNO3/c1-16-8-9-17-10-12(15)14(7-6-13)11-4-2-3-5-11/h11H,2-10H2,1H3. The minimum Gasteiger partial charge on any atom is -0.382 e. The van der Waals surface area contributed by atoms with Gasteiger partial charge in [0.15, 0.2) is 0 Å². The molecule has 1 aliphatic carbocycles. The third-order valence-corrected chi connectivity index (χ3v) is 3.42. The van der Waals surface area contributed by atoms with Crippen LogP contribution in [-0.2, 0) is 14.3 Å². The summed E-state index contributed by atoms with van der Waals surface area (Å²) in [5.41, 5.74) is 0. The molecule has 0 spiro atoms. The third kappa shape index (κ3) is 5.36. The first kappa shape index (κ1) is 14.9. The van der Waals surface area contributed by atoms with E-state index in [1.54, 1.807) is 7.11 Å². The Morgan fingerprint density at radius 3 is 2.65 bits per heavy atom. The summed E-state index contributed by atoms with van der Waals surface area (Å²) >= 11 is 3.40. The molecule has 1 amide bonds. The van der Waals surface area contributed by atoms with Crippen molar-refractivity contribution in [2.24, 2.45) is 0 Å². The Hall–Kier alpha value is -0.130. The summed E-state index contributed by atoms with van der Waals surface area (Å²) in [7, 11) is 1.63.